The van der Waals surface area contributed by atoms with Gasteiger partial charge in [-0.3, -0.25) is 4.68 Å². The third-order valence-corrected chi connectivity index (χ3v) is 4.16. The van der Waals surface area contributed by atoms with Crippen molar-refractivity contribution in [3.63, 3.8) is 0 Å². The van der Waals surface area contributed by atoms with Crippen LogP contribution in [0.3, 0.4) is 0 Å². The smallest absolute Gasteiger partial charge is 0.165 e. The van der Waals surface area contributed by atoms with Crippen molar-refractivity contribution >= 4 is 21.7 Å². The van der Waals surface area contributed by atoms with Crippen molar-refractivity contribution in [3.05, 3.63) is 22.1 Å². The third kappa shape index (κ3) is 1.80. The highest BCUT2D eigenvalue weighted by Crippen LogP contribution is 2.44. The molecule has 1 fully saturated rings. The molecule has 0 unspecified atom stereocenters. The average Bonchev–Trinajstić information content (AvgIpc) is 3.12. The van der Waals surface area contributed by atoms with Crippen LogP contribution in [0.15, 0.2) is 10.7 Å². The van der Waals surface area contributed by atoms with Crippen LogP contribution in [0.4, 0.5) is 5.82 Å². The predicted octanol–water partition coefficient (Wildman–Crippen LogP) is 2.41. The van der Waals surface area contributed by atoms with E-state index in [2.05, 4.69) is 31.0 Å². The Bertz CT molecular complexity index is 615. The van der Waals surface area contributed by atoms with E-state index >= 15 is 0 Å². The SMILES string of the molecule is Cc1c(-c2nc(N)c(Br)c(C3CC3)n2)cnn1C. The molecule has 0 spiro atoms. The van der Waals surface area contributed by atoms with E-state index in [0.29, 0.717) is 17.6 Å². The summed E-state index contributed by atoms with van der Waals surface area (Å²) in [5, 5.41) is 4.22. The molecule has 5 nitrogen and oxygen atoms in total. The number of rotatable bonds is 2. The summed E-state index contributed by atoms with van der Waals surface area (Å²) in [6.07, 6.45) is 4.15. The Morgan fingerprint density at radius 2 is 2.11 bits per heavy atom. The Hall–Kier alpha value is -1.43. The van der Waals surface area contributed by atoms with Crippen LogP contribution in [-0.4, -0.2) is 19.7 Å². The van der Waals surface area contributed by atoms with Crippen LogP contribution in [0, 0.1) is 6.92 Å². The molecule has 2 N–H and O–H groups in total. The van der Waals surface area contributed by atoms with E-state index in [-0.39, 0.29) is 0 Å². The normalized spacial score (nSPS) is 15.1. The molecule has 1 aliphatic rings. The van der Waals surface area contributed by atoms with Gasteiger partial charge in [0.15, 0.2) is 5.82 Å². The van der Waals surface area contributed by atoms with Gasteiger partial charge in [0.1, 0.15) is 5.82 Å². The van der Waals surface area contributed by atoms with Gasteiger partial charge in [0.05, 0.1) is 21.9 Å². The summed E-state index contributed by atoms with van der Waals surface area (Å²) in [5.41, 5.74) is 8.97. The molecular formula is C12H14BrN5. The van der Waals surface area contributed by atoms with Crippen molar-refractivity contribution in [1.29, 1.82) is 0 Å². The zero-order valence-corrected chi connectivity index (χ0v) is 11.9. The number of hydrogen-bond acceptors (Lipinski definition) is 4. The Kier molecular flexibility index (Phi) is 2.62. The highest BCUT2D eigenvalue weighted by molar-refractivity contribution is 9.10. The maximum atomic E-state index is 5.96. The maximum Gasteiger partial charge on any atom is 0.165 e. The lowest BCUT2D eigenvalue weighted by Crippen LogP contribution is -2.02. The number of nitrogens with two attached hydrogens (primary N) is 1. The Labute approximate surface area is 114 Å². The molecule has 3 rings (SSSR count). The van der Waals surface area contributed by atoms with E-state index in [4.69, 9.17) is 5.73 Å². The molecule has 0 saturated heterocycles. The van der Waals surface area contributed by atoms with Crippen LogP contribution < -0.4 is 5.73 Å². The fourth-order valence-electron chi connectivity index (χ4n) is 1.95. The van der Waals surface area contributed by atoms with Crippen LogP contribution in [0.25, 0.3) is 11.4 Å². The second kappa shape index (κ2) is 4.05. The largest absolute Gasteiger partial charge is 0.383 e. The summed E-state index contributed by atoms with van der Waals surface area (Å²) in [4.78, 5) is 9.00. The Morgan fingerprint density at radius 3 is 2.67 bits per heavy atom. The highest BCUT2D eigenvalue weighted by atomic mass is 79.9. The standard InChI is InChI=1S/C12H14BrN5/c1-6-8(5-15-18(6)2)12-16-10(7-3-4-7)9(13)11(14)17-12/h5,7H,3-4H2,1-2H3,(H2,14,16,17). The van der Waals surface area contributed by atoms with Crippen molar-refractivity contribution in [2.45, 2.75) is 25.7 Å². The molecule has 6 heteroatoms. The number of aromatic nitrogens is 4. The molecule has 1 saturated carbocycles. The Balaban J connectivity index is 2.15. The van der Waals surface area contributed by atoms with E-state index in [1.165, 1.54) is 12.8 Å². The number of halogens is 1. The van der Waals surface area contributed by atoms with E-state index in [1.807, 2.05) is 18.7 Å². The molecule has 0 amide bonds. The van der Waals surface area contributed by atoms with Gasteiger partial charge in [-0.2, -0.15) is 5.10 Å². The van der Waals surface area contributed by atoms with Gasteiger partial charge in [-0.25, -0.2) is 9.97 Å². The van der Waals surface area contributed by atoms with Crippen molar-refractivity contribution < 1.29 is 0 Å². The monoisotopic (exact) mass is 307 g/mol. The van der Waals surface area contributed by atoms with Crippen molar-refractivity contribution in [2.24, 2.45) is 7.05 Å². The van der Waals surface area contributed by atoms with E-state index in [0.717, 1.165) is 21.4 Å². The molecule has 0 bridgehead atoms. The predicted molar refractivity (Wildman–Crippen MR) is 73.1 cm³/mol. The first-order valence-corrected chi connectivity index (χ1v) is 6.69. The summed E-state index contributed by atoms with van der Waals surface area (Å²) in [6, 6.07) is 0. The third-order valence-electron chi connectivity index (χ3n) is 3.34. The topological polar surface area (TPSA) is 69.6 Å². The summed E-state index contributed by atoms with van der Waals surface area (Å²) in [6.45, 7) is 2.00. The van der Waals surface area contributed by atoms with E-state index < -0.39 is 0 Å². The lowest BCUT2D eigenvalue weighted by atomic mass is 10.2. The minimum atomic E-state index is 0.505. The van der Waals surface area contributed by atoms with Gasteiger partial charge in [0.25, 0.3) is 0 Å². The fourth-order valence-corrected chi connectivity index (χ4v) is 2.45. The first kappa shape index (κ1) is 11.6. The molecule has 2 aromatic rings. The van der Waals surface area contributed by atoms with Crippen LogP contribution in [0.2, 0.25) is 0 Å². The van der Waals surface area contributed by atoms with Crippen LogP contribution in [0.5, 0.6) is 0 Å². The van der Waals surface area contributed by atoms with Crippen LogP contribution in [0.1, 0.15) is 30.1 Å². The summed E-state index contributed by atoms with van der Waals surface area (Å²) >= 11 is 3.48. The minimum absolute atomic E-state index is 0.505. The first-order chi connectivity index (χ1) is 8.58. The zero-order valence-electron chi connectivity index (χ0n) is 10.3. The zero-order chi connectivity index (χ0) is 12.9. The molecule has 2 heterocycles. The molecule has 0 radical (unpaired) electrons. The second-order valence-electron chi connectivity index (χ2n) is 4.67. The summed E-state index contributed by atoms with van der Waals surface area (Å²) < 4.78 is 2.66. The van der Waals surface area contributed by atoms with E-state index in [9.17, 15) is 0 Å². The quantitative estimate of drug-likeness (QED) is 0.925. The second-order valence-corrected chi connectivity index (χ2v) is 5.47. The average molecular weight is 308 g/mol. The number of anilines is 1. The van der Waals surface area contributed by atoms with Crippen molar-refractivity contribution in [3.8, 4) is 11.4 Å². The lowest BCUT2D eigenvalue weighted by molar-refractivity contribution is 0.740. The fraction of sp³-hybridized carbons (Fsp3) is 0.417. The molecule has 0 aliphatic heterocycles. The molecule has 0 aromatic carbocycles. The highest BCUT2D eigenvalue weighted by Gasteiger charge is 2.29. The van der Waals surface area contributed by atoms with Gasteiger partial charge in [-0.1, -0.05) is 0 Å². The van der Waals surface area contributed by atoms with Crippen LogP contribution >= 0.6 is 15.9 Å². The molecule has 1 aliphatic carbocycles. The van der Waals surface area contributed by atoms with Crippen molar-refractivity contribution in [2.75, 3.05) is 5.73 Å². The lowest BCUT2D eigenvalue weighted by Gasteiger charge is -2.07. The van der Waals surface area contributed by atoms with Gasteiger partial charge in [-0.15, -0.1) is 0 Å². The Morgan fingerprint density at radius 1 is 1.39 bits per heavy atom. The number of aryl methyl sites for hydroxylation is 1. The molecule has 94 valence electrons. The molecule has 0 atom stereocenters. The van der Waals surface area contributed by atoms with Gasteiger partial charge in [0, 0.05) is 18.7 Å². The summed E-state index contributed by atoms with van der Waals surface area (Å²) in [5.74, 6) is 1.70. The summed E-state index contributed by atoms with van der Waals surface area (Å²) in [7, 11) is 1.91. The number of hydrogen-bond donors (Lipinski definition) is 1. The minimum Gasteiger partial charge on any atom is -0.383 e. The van der Waals surface area contributed by atoms with E-state index in [1.54, 1.807) is 6.20 Å². The van der Waals surface area contributed by atoms with Crippen molar-refractivity contribution in [1.82, 2.24) is 19.7 Å². The molecule has 18 heavy (non-hydrogen) atoms. The first-order valence-electron chi connectivity index (χ1n) is 5.89. The number of nitrogen functional groups attached to an aromatic ring is 1. The van der Waals surface area contributed by atoms with Gasteiger partial charge >= 0.3 is 0 Å². The van der Waals surface area contributed by atoms with Gasteiger partial charge < -0.3 is 5.73 Å². The van der Waals surface area contributed by atoms with Gasteiger partial charge in [0.2, 0.25) is 0 Å². The molecule has 2 aromatic heterocycles. The number of nitrogens with zero attached hydrogens (tertiary/aromatic N) is 4. The van der Waals surface area contributed by atoms with Crippen LogP contribution in [-0.2, 0) is 7.05 Å². The maximum absolute atomic E-state index is 5.96. The van der Waals surface area contributed by atoms with Gasteiger partial charge in [-0.05, 0) is 35.7 Å². The molecular weight excluding hydrogens is 294 g/mol.